The molecule has 0 unspecified atom stereocenters. The molecule has 3 rings (SSSR count). The van der Waals surface area contributed by atoms with Gasteiger partial charge in [0, 0.05) is 12.2 Å². The second-order valence-corrected chi connectivity index (χ2v) is 7.65. The normalized spacial score (nSPS) is 24.5. The molecule has 2 aliphatic rings. The van der Waals surface area contributed by atoms with Crippen LogP contribution in [-0.4, -0.2) is 32.4 Å². The predicted molar refractivity (Wildman–Crippen MR) is 74.0 cm³/mol. The molecule has 102 valence electrons. The van der Waals surface area contributed by atoms with Crippen LogP contribution in [0.4, 0.5) is 5.69 Å². The number of anilines is 1. The number of carbonyl (C=O) groups is 1. The summed E-state index contributed by atoms with van der Waals surface area (Å²) in [7, 11) is -3.01. The Kier molecular flexibility index (Phi) is 2.89. The predicted octanol–water partition coefficient (Wildman–Crippen LogP) is 1.32. The van der Waals surface area contributed by atoms with Crippen molar-refractivity contribution in [2.24, 2.45) is 5.92 Å². The summed E-state index contributed by atoms with van der Waals surface area (Å²) in [6, 6.07) is 6.04. The van der Waals surface area contributed by atoms with Crippen molar-refractivity contribution in [3.8, 4) is 0 Å². The van der Waals surface area contributed by atoms with E-state index >= 15 is 0 Å². The summed E-state index contributed by atoms with van der Waals surface area (Å²) in [6.07, 6.45) is 1.33. The van der Waals surface area contributed by atoms with E-state index in [0.717, 1.165) is 17.7 Å². The lowest BCUT2D eigenvalue weighted by molar-refractivity contribution is -0.121. The molecule has 0 spiro atoms. The van der Waals surface area contributed by atoms with Crippen LogP contribution in [0, 0.1) is 12.8 Å². The van der Waals surface area contributed by atoms with Crippen LogP contribution >= 0.6 is 0 Å². The van der Waals surface area contributed by atoms with E-state index in [2.05, 4.69) is 0 Å². The molecule has 0 saturated carbocycles. The molecule has 19 heavy (non-hydrogen) atoms. The molecule has 2 aliphatic heterocycles. The van der Waals surface area contributed by atoms with E-state index < -0.39 is 9.84 Å². The average molecular weight is 279 g/mol. The van der Waals surface area contributed by atoms with Gasteiger partial charge in [0.2, 0.25) is 5.91 Å². The zero-order valence-corrected chi connectivity index (χ0v) is 11.7. The molecule has 1 saturated heterocycles. The van der Waals surface area contributed by atoms with Crippen molar-refractivity contribution in [1.29, 1.82) is 0 Å². The summed E-state index contributed by atoms with van der Waals surface area (Å²) in [5, 5.41) is 0. The fourth-order valence-electron chi connectivity index (χ4n) is 3.08. The van der Waals surface area contributed by atoms with E-state index in [4.69, 9.17) is 0 Å². The Morgan fingerprint density at radius 2 is 2.16 bits per heavy atom. The summed E-state index contributed by atoms with van der Waals surface area (Å²) in [6.45, 7) is 2.67. The topological polar surface area (TPSA) is 54.5 Å². The number of aryl methyl sites for hydroxylation is 1. The van der Waals surface area contributed by atoms with Gasteiger partial charge >= 0.3 is 0 Å². The molecule has 5 heteroatoms. The monoisotopic (exact) mass is 279 g/mol. The summed E-state index contributed by atoms with van der Waals surface area (Å²) in [4.78, 5) is 14.3. The van der Waals surface area contributed by atoms with E-state index in [-0.39, 0.29) is 23.3 Å². The second kappa shape index (κ2) is 4.34. The van der Waals surface area contributed by atoms with Crippen molar-refractivity contribution >= 4 is 21.4 Å². The van der Waals surface area contributed by atoms with Crippen molar-refractivity contribution in [3.05, 3.63) is 29.3 Å². The van der Waals surface area contributed by atoms with Crippen LogP contribution in [0.25, 0.3) is 0 Å². The van der Waals surface area contributed by atoms with Gasteiger partial charge in [-0.15, -0.1) is 0 Å². The Hall–Kier alpha value is -1.36. The van der Waals surface area contributed by atoms with Crippen LogP contribution in [-0.2, 0) is 21.1 Å². The fourth-order valence-corrected chi connectivity index (χ4v) is 4.81. The van der Waals surface area contributed by atoms with Crippen molar-refractivity contribution in [1.82, 2.24) is 0 Å². The van der Waals surface area contributed by atoms with Gasteiger partial charge in [-0.1, -0.05) is 18.2 Å². The van der Waals surface area contributed by atoms with Gasteiger partial charge in [0.15, 0.2) is 9.84 Å². The van der Waals surface area contributed by atoms with E-state index in [0.29, 0.717) is 13.0 Å². The summed E-state index contributed by atoms with van der Waals surface area (Å²) in [5.74, 6) is -0.203. The molecule has 0 radical (unpaired) electrons. The molecule has 4 nitrogen and oxygen atoms in total. The number of hydrogen-bond donors (Lipinski definition) is 0. The van der Waals surface area contributed by atoms with Gasteiger partial charge in [-0.25, -0.2) is 8.42 Å². The van der Waals surface area contributed by atoms with Crippen molar-refractivity contribution < 1.29 is 13.2 Å². The molecular weight excluding hydrogens is 262 g/mol. The van der Waals surface area contributed by atoms with Crippen LogP contribution < -0.4 is 4.90 Å². The van der Waals surface area contributed by atoms with E-state index in [1.54, 1.807) is 4.90 Å². The van der Waals surface area contributed by atoms with Gasteiger partial charge in [0.1, 0.15) is 0 Å². The Morgan fingerprint density at radius 3 is 2.84 bits per heavy atom. The number of amides is 1. The van der Waals surface area contributed by atoms with Gasteiger partial charge in [-0.05, 0) is 30.9 Å². The van der Waals surface area contributed by atoms with Crippen molar-refractivity contribution in [2.75, 3.05) is 23.0 Å². The van der Waals surface area contributed by atoms with Gasteiger partial charge in [0.05, 0.1) is 17.4 Å². The lowest BCUT2D eigenvalue weighted by atomic mass is 10.1. The highest BCUT2D eigenvalue weighted by atomic mass is 32.2. The average Bonchev–Trinajstić information content (AvgIpc) is 2.92. The maximum Gasteiger partial charge on any atom is 0.231 e. The van der Waals surface area contributed by atoms with Gasteiger partial charge in [-0.2, -0.15) is 0 Å². The Morgan fingerprint density at radius 1 is 1.37 bits per heavy atom. The van der Waals surface area contributed by atoms with Crippen LogP contribution in [0.15, 0.2) is 18.2 Å². The van der Waals surface area contributed by atoms with Crippen LogP contribution in [0.2, 0.25) is 0 Å². The van der Waals surface area contributed by atoms with Crippen LogP contribution in [0.5, 0.6) is 0 Å². The summed E-state index contributed by atoms with van der Waals surface area (Å²) >= 11 is 0. The smallest absolute Gasteiger partial charge is 0.231 e. The first-order valence-corrected chi connectivity index (χ1v) is 8.40. The maximum absolute atomic E-state index is 12.5. The second-order valence-electron chi connectivity index (χ2n) is 5.42. The number of para-hydroxylation sites is 1. The minimum absolute atomic E-state index is 0.0174. The molecule has 1 aromatic carbocycles. The minimum atomic E-state index is -3.01. The lowest BCUT2D eigenvalue weighted by Gasteiger charge is -2.22. The standard InChI is InChI=1S/C14H17NO3S/c1-10-3-2-4-11-5-7-15(13(10)11)14(16)12-6-8-19(17,18)9-12/h2-4,12H,5-9H2,1H3/t12-/m1/s1. The number of sulfone groups is 1. The van der Waals surface area contributed by atoms with Crippen molar-refractivity contribution in [3.63, 3.8) is 0 Å². The third-order valence-electron chi connectivity index (χ3n) is 4.04. The fraction of sp³-hybridized carbons (Fsp3) is 0.500. The molecule has 1 atom stereocenters. The molecule has 0 aliphatic carbocycles. The highest BCUT2D eigenvalue weighted by Gasteiger charge is 2.37. The molecular formula is C14H17NO3S. The first kappa shape index (κ1) is 12.7. The van der Waals surface area contributed by atoms with Gasteiger partial charge in [-0.3, -0.25) is 4.79 Å². The number of rotatable bonds is 1. The molecule has 0 N–H and O–H groups in total. The van der Waals surface area contributed by atoms with E-state index in [1.165, 1.54) is 5.56 Å². The lowest BCUT2D eigenvalue weighted by Crippen LogP contribution is -2.35. The molecule has 1 amide bonds. The summed E-state index contributed by atoms with van der Waals surface area (Å²) in [5.41, 5.74) is 3.27. The Bertz CT molecular complexity index is 636. The highest BCUT2D eigenvalue weighted by Crippen LogP contribution is 2.33. The Labute approximate surface area is 113 Å². The van der Waals surface area contributed by atoms with E-state index in [9.17, 15) is 13.2 Å². The SMILES string of the molecule is Cc1cccc2c1N(C(=O)[C@@H]1CCS(=O)(=O)C1)CC2. The number of benzene rings is 1. The molecule has 1 fully saturated rings. The quantitative estimate of drug-likeness (QED) is 0.779. The Balaban J connectivity index is 1.88. The van der Waals surface area contributed by atoms with E-state index in [1.807, 2.05) is 25.1 Å². The van der Waals surface area contributed by atoms with Gasteiger partial charge in [0.25, 0.3) is 0 Å². The molecule has 0 bridgehead atoms. The van der Waals surface area contributed by atoms with Gasteiger partial charge < -0.3 is 4.90 Å². The molecule has 0 aromatic heterocycles. The minimum Gasteiger partial charge on any atom is -0.311 e. The molecule has 1 aromatic rings. The molecule has 2 heterocycles. The zero-order chi connectivity index (χ0) is 13.6. The number of fused-ring (bicyclic) bond motifs is 1. The first-order valence-electron chi connectivity index (χ1n) is 6.58. The third-order valence-corrected chi connectivity index (χ3v) is 5.81. The highest BCUT2D eigenvalue weighted by molar-refractivity contribution is 7.91. The number of hydrogen-bond acceptors (Lipinski definition) is 3. The first-order chi connectivity index (χ1) is 8.98. The third kappa shape index (κ3) is 2.16. The summed E-state index contributed by atoms with van der Waals surface area (Å²) < 4.78 is 23.0. The largest absolute Gasteiger partial charge is 0.311 e. The van der Waals surface area contributed by atoms with Crippen LogP contribution in [0.1, 0.15) is 17.5 Å². The van der Waals surface area contributed by atoms with Crippen molar-refractivity contribution in [2.45, 2.75) is 19.8 Å². The zero-order valence-electron chi connectivity index (χ0n) is 10.9. The number of nitrogens with zero attached hydrogens (tertiary/aromatic N) is 1. The van der Waals surface area contributed by atoms with Crippen LogP contribution in [0.3, 0.4) is 0 Å². The maximum atomic E-state index is 12.5. The number of carbonyl (C=O) groups excluding carboxylic acids is 1.